The summed E-state index contributed by atoms with van der Waals surface area (Å²) in [6.07, 6.45) is 9.62. The van der Waals surface area contributed by atoms with Crippen molar-refractivity contribution in [2.24, 2.45) is 0 Å². The van der Waals surface area contributed by atoms with E-state index in [0.717, 1.165) is 67.4 Å². The molecule has 3 aromatic rings. The lowest BCUT2D eigenvalue weighted by Gasteiger charge is -2.31. The molecular formula is C30H36N6O3S. The molecule has 0 bridgehead atoms. The van der Waals surface area contributed by atoms with Crippen LogP contribution in [0.5, 0.6) is 6.01 Å². The van der Waals surface area contributed by atoms with Gasteiger partial charge in [-0.3, -0.25) is 4.90 Å². The lowest BCUT2D eigenvalue weighted by Crippen LogP contribution is -2.38. The first-order valence-electron chi connectivity index (χ1n) is 14.2. The molecule has 1 saturated carbocycles. The molecule has 9 nitrogen and oxygen atoms in total. The molecule has 2 atom stereocenters. The van der Waals surface area contributed by atoms with Gasteiger partial charge in [-0.1, -0.05) is 6.07 Å². The Hall–Kier alpha value is -3.50. The summed E-state index contributed by atoms with van der Waals surface area (Å²) in [5.41, 5.74) is 5.06. The van der Waals surface area contributed by atoms with Gasteiger partial charge in [-0.2, -0.15) is 0 Å². The Morgan fingerprint density at radius 2 is 1.82 bits per heavy atom. The minimum atomic E-state index is -0.919. The maximum absolute atomic E-state index is 12.3. The predicted octanol–water partition coefficient (Wildman–Crippen LogP) is 5.67. The van der Waals surface area contributed by atoms with Crippen LogP contribution < -0.4 is 15.0 Å². The van der Waals surface area contributed by atoms with E-state index in [0.29, 0.717) is 29.3 Å². The van der Waals surface area contributed by atoms with Crippen molar-refractivity contribution in [3.05, 3.63) is 64.4 Å². The van der Waals surface area contributed by atoms with Gasteiger partial charge in [-0.25, -0.2) is 19.7 Å². The Morgan fingerprint density at radius 1 is 1.10 bits per heavy atom. The molecule has 1 aliphatic carbocycles. The zero-order valence-corrected chi connectivity index (χ0v) is 23.9. The van der Waals surface area contributed by atoms with Gasteiger partial charge >= 0.3 is 12.0 Å². The van der Waals surface area contributed by atoms with E-state index in [9.17, 15) is 9.90 Å². The predicted molar refractivity (Wildman–Crippen MR) is 157 cm³/mol. The van der Waals surface area contributed by atoms with Gasteiger partial charge in [0.05, 0.1) is 22.6 Å². The fourth-order valence-electron chi connectivity index (χ4n) is 5.71. The highest BCUT2D eigenvalue weighted by atomic mass is 32.1. The van der Waals surface area contributed by atoms with E-state index >= 15 is 0 Å². The van der Waals surface area contributed by atoms with Gasteiger partial charge in [-0.05, 0) is 68.9 Å². The van der Waals surface area contributed by atoms with Gasteiger partial charge in [0.1, 0.15) is 6.10 Å². The van der Waals surface area contributed by atoms with Crippen LogP contribution in [-0.2, 0) is 6.54 Å². The van der Waals surface area contributed by atoms with E-state index < -0.39 is 5.97 Å². The van der Waals surface area contributed by atoms with Gasteiger partial charge in [0.2, 0.25) is 0 Å². The van der Waals surface area contributed by atoms with Crippen LogP contribution >= 0.6 is 11.3 Å². The first-order valence-corrected chi connectivity index (χ1v) is 15.1. The number of allylic oxidation sites excluding steroid dienone is 1. The Morgan fingerprint density at radius 3 is 2.50 bits per heavy atom. The van der Waals surface area contributed by atoms with E-state index in [1.165, 1.54) is 18.4 Å². The summed E-state index contributed by atoms with van der Waals surface area (Å²) in [4.78, 5) is 30.4. The molecule has 2 aromatic heterocycles. The van der Waals surface area contributed by atoms with Gasteiger partial charge in [-0.15, -0.1) is 11.3 Å². The number of carboxylic acid groups (broad SMARTS) is 1. The van der Waals surface area contributed by atoms with E-state index in [2.05, 4.69) is 50.4 Å². The number of carbonyl (C=O) groups is 1. The van der Waals surface area contributed by atoms with Crippen LogP contribution in [0.25, 0.3) is 5.70 Å². The number of piperidine rings is 1. The van der Waals surface area contributed by atoms with Crippen LogP contribution in [0.15, 0.2) is 47.6 Å². The van der Waals surface area contributed by atoms with Crippen LogP contribution in [0.1, 0.15) is 74.0 Å². The number of likely N-dealkylation sites (tertiary alicyclic amines) is 1. The van der Waals surface area contributed by atoms with Crippen molar-refractivity contribution in [2.45, 2.75) is 77.1 Å². The second-order valence-electron chi connectivity index (χ2n) is 11.1. The smallest absolute Gasteiger partial charge is 0.337 e. The fourth-order valence-corrected chi connectivity index (χ4v) is 6.58. The highest BCUT2D eigenvalue weighted by Crippen LogP contribution is 2.39. The Balaban J connectivity index is 1.14. The summed E-state index contributed by atoms with van der Waals surface area (Å²) in [6, 6.07) is 9.05. The largest absolute Gasteiger partial charge is 0.478 e. The van der Waals surface area contributed by atoms with Crippen molar-refractivity contribution in [1.29, 1.82) is 0 Å². The van der Waals surface area contributed by atoms with Crippen LogP contribution in [0.4, 0.5) is 10.8 Å². The Bertz CT molecular complexity index is 1370. The minimum absolute atomic E-state index is 0.0956. The standard InChI is InChI=1S/C30H36N6O3S/c1-19-4-5-20(2)36(19)17-21-6-9-25(24(16-21)28(37)38)33-27(22-7-8-22)26-18-40-30(34-26)35-14-10-23(11-15-35)39-29-31-12-3-13-32-29/h3,6,9,12-13,16,18-20,23,33H,4-5,7-8,10-11,14-15,17H2,1-2H3,(H,37,38). The number of benzene rings is 1. The number of thiazole rings is 1. The van der Waals surface area contributed by atoms with Crippen molar-refractivity contribution in [2.75, 3.05) is 23.3 Å². The molecule has 6 rings (SSSR count). The molecule has 0 radical (unpaired) electrons. The van der Waals surface area contributed by atoms with Crippen LogP contribution in [0.2, 0.25) is 0 Å². The molecular weight excluding hydrogens is 524 g/mol. The maximum Gasteiger partial charge on any atom is 0.337 e. The SMILES string of the molecule is CC1CCC(C)N1Cc1ccc(NC(=C2CC2)c2csc(N3CCC(Oc4ncccn4)CC3)n2)c(C(=O)O)c1. The van der Waals surface area contributed by atoms with Crippen molar-refractivity contribution >= 4 is 33.8 Å². The number of anilines is 2. The average molecular weight is 561 g/mol. The van der Waals surface area contributed by atoms with Crippen molar-refractivity contribution in [3.8, 4) is 6.01 Å². The number of carboxylic acids is 1. The average Bonchev–Trinajstić information content (AvgIpc) is 3.61. The number of hydrogen-bond donors (Lipinski definition) is 2. The molecule has 0 amide bonds. The molecule has 2 unspecified atom stereocenters. The Kier molecular flexibility index (Phi) is 7.71. The number of ether oxygens (including phenoxy) is 1. The topological polar surface area (TPSA) is 104 Å². The normalized spacial score (nSPS) is 21.4. The minimum Gasteiger partial charge on any atom is -0.478 e. The highest BCUT2D eigenvalue weighted by molar-refractivity contribution is 7.13. The number of aromatic nitrogens is 3. The summed E-state index contributed by atoms with van der Waals surface area (Å²) in [5, 5.41) is 16.6. The van der Waals surface area contributed by atoms with E-state index in [1.807, 2.05) is 12.1 Å². The molecule has 2 N–H and O–H groups in total. The van der Waals surface area contributed by atoms with Crippen LogP contribution in [0.3, 0.4) is 0 Å². The van der Waals surface area contributed by atoms with Gasteiger partial charge in [0.15, 0.2) is 5.13 Å². The zero-order valence-electron chi connectivity index (χ0n) is 23.0. The second-order valence-corrected chi connectivity index (χ2v) is 11.9. The monoisotopic (exact) mass is 560 g/mol. The third-order valence-corrected chi connectivity index (χ3v) is 9.10. The molecule has 1 aromatic carbocycles. The summed E-state index contributed by atoms with van der Waals surface area (Å²) < 4.78 is 5.94. The quantitative estimate of drug-likeness (QED) is 0.343. The van der Waals surface area contributed by atoms with Crippen LogP contribution in [-0.4, -0.2) is 62.2 Å². The number of rotatable bonds is 9. The van der Waals surface area contributed by atoms with Crippen LogP contribution in [0, 0.1) is 0 Å². The molecule has 3 fully saturated rings. The lowest BCUT2D eigenvalue weighted by atomic mass is 10.1. The molecule has 10 heteroatoms. The number of hydrogen-bond acceptors (Lipinski definition) is 9. The first kappa shape index (κ1) is 26.7. The van der Waals surface area contributed by atoms with Gasteiger partial charge in [0, 0.05) is 62.3 Å². The summed E-state index contributed by atoms with van der Waals surface area (Å²) in [6.45, 7) is 6.98. The van der Waals surface area contributed by atoms with E-state index in [-0.39, 0.29) is 6.10 Å². The fraction of sp³-hybridized carbons (Fsp3) is 0.467. The van der Waals surface area contributed by atoms with E-state index in [1.54, 1.807) is 29.8 Å². The molecule has 3 aliphatic rings. The maximum atomic E-state index is 12.3. The molecule has 210 valence electrons. The third kappa shape index (κ3) is 5.97. The van der Waals surface area contributed by atoms with Crippen molar-refractivity contribution in [1.82, 2.24) is 19.9 Å². The molecule has 40 heavy (non-hydrogen) atoms. The molecule has 4 heterocycles. The Labute approximate surface area is 238 Å². The number of aromatic carboxylic acids is 1. The third-order valence-electron chi connectivity index (χ3n) is 8.20. The second kappa shape index (κ2) is 11.5. The zero-order chi connectivity index (χ0) is 27.6. The molecule has 2 aliphatic heterocycles. The molecule has 0 spiro atoms. The first-order chi connectivity index (χ1) is 19.4. The van der Waals surface area contributed by atoms with Gasteiger partial charge < -0.3 is 20.1 Å². The summed E-state index contributed by atoms with van der Waals surface area (Å²) in [7, 11) is 0. The number of nitrogens with zero attached hydrogens (tertiary/aromatic N) is 5. The lowest BCUT2D eigenvalue weighted by molar-refractivity contribution is 0.0697. The van der Waals surface area contributed by atoms with Crippen molar-refractivity contribution < 1.29 is 14.6 Å². The van der Waals surface area contributed by atoms with Gasteiger partial charge in [0.25, 0.3) is 0 Å². The summed E-state index contributed by atoms with van der Waals surface area (Å²) in [5.74, 6) is -0.919. The van der Waals surface area contributed by atoms with E-state index in [4.69, 9.17) is 9.72 Å². The summed E-state index contributed by atoms with van der Waals surface area (Å²) >= 11 is 1.63. The molecule has 2 saturated heterocycles. The highest BCUT2D eigenvalue weighted by Gasteiger charge is 2.29. The van der Waals surface area contributed by atoms with Crippen molar-refractivity contribution in [3.63, 3.8) is 0 Å². The number of nitrogens with one attached hydrogen (secondary N) is 1.